The molecule has 2 rings (SSSR count). The average Bonchev–Trinajstić information content (AvgIpc) is 2.40. The van der Waals surface area contributed by atoms with E-state index in [0.717, 1.165) is 18.2 Å². The quantitative estimate of drug-likeness (QED) is 0.830. The smallest absolute Gasteiger partial charge is 0.416 e. The Morgan fingerprint density at radius 2 is 1.65 bits per heavy atom. The van der Waals surface area contributed by atoms with E-state index in [1.54, 1.807) is 0 Å². The van der Waals surface area contributed by atoms with Crippen molar-refractivity contribution in [1.29, 1.82) is 0 Å². The molecule has 0 aromatic heterocycles. The van der Waals surface area contributed by atoms with Crippen LogP contribution in [0.4, 0.5) is 23.2 Å². The zero-order chi connectivity index (χ0) is 14.8. The zero-order valence-corrected chi connectivity index (χ0v) is 10.2. The second kappa shape index (κ2) is 5.40. The van der Waals surface area contributed by atoms with Gasteiger partial charge in [0.05, 0.1) is 5.56 Å². The fourth-order valence-corrected chi connectivity index (χ4v) is 1.68. The van der Waals surface area contributed by atoms with E-state index in [2.05, 4.69) is 5.32 Å². The molecule has 0 aliphatic heterocycles. The van der Waals surface area contributed by atoms with Gasteiger partial charge in [-0.3, -0.25) is 0 Å². The minimum Gasteiger partial charge on any atom is -0.505 e. The first-order valence-corrected chi connectivity index (χ1v) is 5.75. The Hall–Kier alpha value is -2.24. The summed E-state index contributed by atoms with van der Waals surface area (Å²) in [7, 11) is 0. The maximum Gasteiger partial charge on any atom is 0.416 e. The molecule has 0 atom stereocenters. The van der Waals surface area contributed by atoms with Crippen molar-refractivity contribution in [3.05, 3.63) is 59.4 Å². The Balaban J connectivity index is 2.06. The Bertz CT molecular complexity index is 593. The summed E-state index contributed by atoms with van der Waals surface area (Å²) in [5, 5.41) is 12.3. The monoisotopic (exact) mass is 285 g/mol. The number of phenolic OH excluding ortho intramolecular Hbond substituents is 1. The molecular formula is C14H11F4NO. The molecule has 0 spiro atoms. The lowest BCUT2D eigenvalue weighted by Crippen LogP contribution is -2.05. The fourth-order valence-electron chi connectivity index (χ4n) is 1.68. The lowest BCUT2D eigenvalue weighted by Gasteiger charge is -2.10. The molecule has 2 aromatic carbocycles. The molecule has 0 unspecified atom stereocenters. The molecule has 0 saturated carbocycles. The van der Waals surface area contributed by atoms with Gasteiger partial charge in [-0.05, 0) is 30.3 Å². The van der Waals surface area contributed by atoms with Crippen LogP contribution in [0.15, 0.2) is 42.5 Å². The van der Waals surface area contributed by atoms with Gasteiger partial charge in [-0.2, -0.15) is 13.2 Å². The number of aromatic hydroxyl groups is 1. The van der Waals surface area contributed by atoms with Gasteiger partial charge in [-0.25, -0.2) is 4.39 Å². The summed E-state index contributed by atoms with van der Waals surface area (Å²) in [6.07, 6.45) is -4.38. The third kappa shape index (κ3) is 3.20. The molecule has 6 heteroatoms. The predicted molar refractivity (Wildman–Crippen MR) is 66.8 cm³/mol. The van der Waals surface area contributed by atoms with Crippen LogP contribution < -0.4 is 5.32 Å². The highest BCUT2D eigenvalue weighted by Gasteiger charge is 2.29. The number of nitrogens with one attached hydrogen (secondary N) is 1. The van der Waals surface area contributed by atoms with Gasteiger partial charge in [0.15, 0.2) is 11.6 Å². The van der Waals surface area contributed by atoms with Gasteiger partial charge in [-0.15, -0.1) is 0 Å². The van der Waals surface area contributed by atoms with Crippen molar-refractivity contribution in [3.63, 3.8) is 0 Å². The zero-order valence-electron chi connectivity index (χ0n) is 10.2. The normalized spacial score (nSPS) is 11.4. The second-order valence-corrected chi connectivity index (χ2v) is 4.18. The number of rotatable bonds is 3. The molecule has 0 bridgehead atoms. The van der Waals surface area contributed by atoms with Gasteiger partial charge in [0.1, 0.15) is 0 Å². The van der Waals surface area contributed by atoms with Gasteiger partial charge in [0.25, 0.3) is 0 Å². The van der Waals surface area contributed by atoms with E-state index in [0.29, 0.717) is 11.3 Å². The molecule has 0 fully saturated rings. The summed E-state index contributed by atoms with van der Waals surface area (Å²) in [5.41, 5.74) is 0.0308. The Morgan fingerprint density at radius 3 is 2.25 bits per heavy atom. The molecule has 0 heterocycles. The van der Waals surface area contributed by atoms with Crippen LogP contribution in [0.2, 0.25) is 0 Å². The van der Waals surface area contributed by atoms with Crippen LogP contribution in [-0.4, -0.2) is 5.11 Å². The summed E-state index contributed by atoms with van der Waals surface area (Å²) in [5.74, 6) is -1.20. The van der Waals surface area contributed by atoms with E-state index in [9.17, 15) is 22.7 Å². The van der Waals surface area contributed by atoms with E-state index in [1.165, 1.54) is 24.3 Å². The first-order chi connectivity index (χ1) is 9.38. The molecule has 0 saturated heterocycles. The molecule has 0 amide bonds. The van der Waals surface area contributed by atoms with E-state index in [1.807, 2.05) is 0 Å². The van der Waals surface area contributed by atoms with Crippen LogP contribution in [0.25, 0.3) is 0 Å². The van der Waals surface area contributed by atoms with Gasteiger partial charge in [-0.1, -0.05) is 12.1 Å². The van der Waals surface area contributed by atoms with E-state index in [-0.39, 0.29) is 6.54 Å². The van der Waals surface area contributed by atoms with Crippen molar-refractivity contribution in [2.24, 2.45) is 0 Å². The number of anilines is 1. The lowest BCUT2D eigenvalue weighted by atomic mass is 10.1. The van der Waals surface area contributed by atoms with Crippen molar-refractivity contribution in [2.45, 2.75) is 12.7 Å². The van der Waals surface area contributed by atoms with Crippen LogP contribution in [0.3, 0.4) is 0 Å². The molecule has 0 radical (unpaired) electrons. The average molecular weight is 285 g/mol. The fraction of sp³-hybridized carbons (Fsp3) is 0.143. The Labute approximate surface area is 112 Å². The number of hydrogen-bond donors (Lipinski definition) is 2. The molecule has 20 heavy (non-hydrogen) atoms. The molecule has 0 aliphatic rings. The van der Waals surface area contributed by atoms with Crippen molar-refractivity contribution >= 4 is 5.69 Å². The predicted octanol–water partition coefficient (Wildman–Crippen LogP) is 4.16. The second-order valence-electron chi connectivity index (χ2n) is 4.18. The number of hydrogen-bond acceptors (Lipinski definition) is 2. The van der Waals surface area contributed by atoms with E-state index >= 15 is 0 Å². The summed E-state index contributed by atoms with van der Waals surface area (Å²) in [6, 6.07) is 8.55. The highest BCUT2D eigenvalue weighted by Crippen LogP contribution is 2.30. The third-order valence-electron chi connectivity index (χ3n) is 2.77. The minimum absolute atomic E-state index is 0.106. The van der Waals surface area contributed by atoms with Gasteiger partial charge in [0, 0.05) is 17.8 Å². The topological polar surface area (TPSA) is 32.3 Å². The summed E-state index contributed by atoms with van der Waals surface area (Å²) < 4.78 is 50.2. The number of alkyl halides is 3. The van der Waals surface area contributed by atoms with Crippen molar-refractivity contribution in [2.75, 3.05) is 5.32 Å². The van der Waals surface area contributed by atoms with Gasteiger partial charge < -0.3 is 10.4 Å². The molecule has 106 valence electrons. The highest BCUT2D eigenvalue weighted by atomic mass is 19.4. The van der Waals surface area contributed by atoms with Crippen LogP contribution in [0.1, 0.15) is 11.1 Å². The Kier molecular flexibility index (Phi) is 3.83. The molecule has 2 N–H and O–H groups in total. The molecular weight excluding hydrogens is 274 g/mol. The van der Waals surface area contributed by atoms with Crippen molar-refractivity contribution < 1.29 is 22.7 Å². The first-order valence-electron chi connectivity index (χ1n) is 5.75. The number of para-hydroxylation sites is 1. The van der Waals surface area contributed by atoms with E-state index < -0.39 is 23.3 Å². The summed E-state index contributed by atoms with van der Waals surface area (Å²) in [4.78, 5) is 0. The summed E-state index contributed by atoms with van der Waals surface area (Å²) in [6.45, 7) is 0.106. The molecule has 2 nitrogen and oxygen atoms in total. The number of halogens is 4. The van der Waals surface area contributed by atoms with Crippen molar-refractivity contribution in [1.82, 2.24) is 0 Å². The van der Waals surface area contributed by atoms with Crippen LogP contribution in [-0.2, 0) is 12.7 Å². The maximum absolute atomic E-state index is 13.1. The third-order valence-corrected chi connectivity index (χ3v) is 2.77. The molecule has 2 aromatic rings. The van der Waals surface area contributed by atoms with Crippen LogP contribution >= 0.6 is 0 Å². The van der Waals surface area contributed by atoms with E-state index in [4.69, 9.17) is 0 Å². The van der Waals surface area contributed by atoms with Crippen LogP contribution in [0.5, 0.6) is 5.75 Å². The van der Waals surface area contributed by atoms with Crippen LogP contribution in [0, 0.1) is 5.82 Å². The number of benzene rings is 2. The lowest BCUT2D eigenvalue weighted by molar-refractivity contribution is -0.137. The SMILES string of the molecule is Oc1c(F)cccc1CNc1ccc(C(F)(F)F)cc1. The standard InChI is InChI=1S/C14H11F4NO/c15-12-3-1-2-9(13(12)20)8-19-11-6-4-10(5-7-11)14(16,17)18/h1-7,19-20H,8H2. The number of phenols is 1. The van der Waals surface area contributed by atoms with Gasteiger partial charge >= 0.3 is 6.18 Å². The maximum atomic E-state index is 13.1. The largest absolute Gasteiger partial charge is 0.505 e. The van der Waals surface area contributed by atoms with Crippen molar-refractivity contribution in [3.8, 4) is 5.75 Å². The van der Waals surface area contributed by atoms with Gasteiger partial charge in [0.2, 0.25) is 0 Å². The minimum atomic E-state index is -4.38. The molecule has 0 aliphatic carbocycles. The Morgan fingerprint density at radius 1 is 1.00 bits per heavy atom. The highest BCUT2D eigenvalue weighted by molar-refractivity contribution is 5.47. The first kappa shape index (κ1) is 14.2. The summed E-state index contributed by atoms with van der Waals surface area (Å²) >= 11 is 0.